The van der Waals surface area contributed by atoms with Crippen LogP contribution in [0.5, 0.6) is 5.75 Å². The van der Waals surface area contributed by atoms with Gasteiger partial charge in [0.1, 0.15) is 18.9 Å². The zero-order valence-corrected chi connectivity index (χ0v) is 19.4. The highest BCUT2D eigenvalue weighted by atomic mass is 35.5. The Morgan fingerprint density at radius 2 is 1.72 bits per heavy atom. The van der Waals surface area contributed by atoms with Crippen LogP contribution >= 0.6 is 11.6 Å². The molecule has 0 heterocycles. The van der Waals surface area contributed by atoms with E-state index < -0.39 is 22.5 Å². The summed E-state index contributed by atoms with van der Waals surface area (Å²) < 4.78 is 33.3. The molecule has 32 heavy (non-hydrogen) atoms. The lowest BCUT2D eigenvalue weighted by Gasteiger charge is -2.25. The third kappa shape index (κ3) is 6.24. The fraction of sp³-hybridized carbons (Fsp3) is 0.208. The van der Waals surface area contributed by atoms with Gasteiger partial charge in [0.2, 0.25) is 5.91 Å². The van der Waals surface area contributed by atoms with Gasteiger partial charge in [-0.15, -0.1) is 0 Å². The quantitative estimate of drug-likeness (QED) is 0.500. The summed E-state index contributed by atoms with van der Waals surface area (Å²) >= 11 is 6.08. The molecule has 8 heteroatoms. The van der Waals surface area contributed by atoms with Crippen molar-refractivity contribution in [1.29, 1.82) is 0 Å². The van der Waals surface area contributed by atoms with E-state index in [1.54, 1.807) is 43.3 Å². The molecule has 3 rings (SSSR count). The maximum atomic E-state index is 13.3. The van der Waals surface area contributed by atoms with E-state index in [4.69, 9.17) is 16.3 Å². The molecule has 0 aliphatic heterocycles. The number of nitrogens with zero attached hydrogens (tertiary/aromatic N) is 1. The van der Waals surface area contributed by atoms with Crippen molar-refractivity contribution in [3.05, 3.63) is 89.4 Å². The number of hydrogen-bond donors (Lipinski definition) is 1. The van der Waals surface area contributed by atoms with Gasteiger partial charge in [-0.1, -0.05) is 53.6 Å². The Balaban J connectivity index is 1.73. The van der Waals surface area contributed by atoms with E-state index in [0.29, 0.717) is 16.5 Å². The lowest BCUT2D eigenvalue weighted by molar-refractivity contribution is -0.120. The maximum absolute atomic E-state index is 13.3. The number of amides is 1. The van der Waals surface area contributed by atoms with Crippen molar-refractivity contribution in [3.63, 3.8) is 0 Å². The van der Waals surface area contributed by atoms with Crippen LogP contribution in [0.15, 0.2) is 83.8 Å². The molecule has 0 aliphatic rings. The van der Waals surface area contributed by atoms with Gasteiger partial charge in [0.25, 0.3) is 10.0 Å². The van der Waals surface area contributed by atoms with Crippen LogP contribution in [0.3, 0.4) is 0 Å². The van der Waals surface area contributed by atoms with Gasteiger partial charge in [-0.25, -0.2) is 8.42 Å². The number of halogens is 1. The molecular formula is C24H25ClN2O4S. The standard InChI is InChI=1S/C24H25ClN2O4S/c1-18-11-13-22(14-12-18)31-17-19(2)26-24(28)16-27(21-8-6-7-20(25)15-21)32(29,30)23-9-4-3-5-10-23/h3-15,19H,16-17H2,1-2H3,(H,26,28). The molecule has 0 aliphatic carbocycles. The number of ether oxygens (including phenoxy) is 1. The van der Waals surface area contributed by atoms with E-state index in [2.05, 4.69) is 5.32 Å². The van der Waals surface area contributed by atoms with E-state index in [1.807, 2.05) is 31.2 Å². The molecule has 0 fully saturated rings. The minimum atomic E-state index is -3.98. The number of anilines is 1. The smallest absolute Gasteiger partial charge is 0.264 e. The molecule has 3 aromatic rings. The second-order valence-corrected chi connectivity index (χ2v) is 9.70. The summed E-state index contributed by atoms with van der Waals surface area (Å²) in [5, 5.41) is 3.17. The summed E-state index contributed by atoms with van der Waals surface area (Å²) in [4.78, 5) is 12.8. The lowest BCUT2D eigenvalue weighted by Crippen LogP contribution is -2.45. The predicted octanol–water partition coefficient (Wildman–Crippen LogP) is 4.43. The van der Waals surface area contributed by atoms with Crippen LogP contribution in [0.2, 0.25) is 5.02 Å². The van der Waals surface area contributed by atoms with Crippen LogP contribution in [-0.2, 0) is 14.8 Å². The summed E-state index contributed by atoms with van der Waals surface area (Å²) in [6.45, 7) is 3.63. The first kappa shape index (κ1) is 23.6. The lowest BCUT2D eigenvalue weighted by atomic mass is 10.2. The molecule has 0 saturated heterocycles. The zero-order valence-electron chi connectivity index (χ0n) is 17.9. The van der Waals surface area contributed by atoms with Crippen LogP contribution in [-0.4, -0.2) is 33.5 Å². The Hall–Kier alpha value is -3.03. The SMILES string of the molecule is Cc1ccc(OCC(C)NC(=O)CN(c2cccc(Cl)c2)S(=O)(=O)c2ccccc2)cc1. The van der Waals surface area contributed by atoms with Crippen molar-refractivity contribution >= 4 is 33.2 Å². The fourth-order valence-electron chi connectivity index (χ4n) is 3.01. The van der Waals surface area contributed by atoms with Gasteiger partial charge < -0.3 is 10.1 Å². The monoisotopic (exact) mass is 472 g/mol. The summed E-state index contributed by atoms with van der Waals surface area (Å²) in [7, 11) is -3.98. The largest absolute Gasteiger partial charge is 0.491 e. The minimum Gasteiger partial charge on any atom is -0.491 e. The zero-order chi connectivity index (χ0) is 23.1. The normalized spacial score (nSPS) is 12.1. The van der Waals surface area contributed by atoms with Crippen molar-refractivity contribution in [2.24, 2.45) is 0 Å². The van der Waals surface area contributed by atoms with E-state index >= 15 is 0 Å². The Morgan fingerprint density at radius 3 is 2.38 bits per heavy atom. The molecule has 0 aromatic heterocycles. The average molecular weight is 473 g/mol. The number of rotatable bonds is 9. The predicted molar refractivity (Wildman–Crippen MR) is 127 cm³/mol. The summed E-state index contributed by atoms with van der Waals surface area (Å²) in [5.41, 5.74) is 1.43. The van der Waals surface area contributed by atoms with Crippen LogP contribution in [0.25, 0.3) is 0 Å². The number of sulfonamides is 1. The molecule has 0 saturated carbocycles. The number of carbonyl (C=O) groups is 1. The van der Waals surface area contributed by atoms with E-state index in [0.717, 1.165) is 9.87 Å². The molecule has 0 spiro atoms. The van der Waals surface area contributed by atoms with Gasteiger partial charge in [0.15, 0.2) is 0 Å². The molecule has 1 unspecified atom stereocenters. The Bertz CT molecular complexity index is 1150. The minimum absolute atomic E-state index is 0.0866. The number of carbonyl (C=O) groups excluding carboxylic acids is 1. The van der Waals surface area contributed by atoms with Crippen molar-refractivity contribution in [3.8, 4) is 5.75 Å². The molecule has 0 radical (unpaired) electrons. The van der Waals surface area contributed by atoms with Crippen LogP contribution in [0.1, 0.15) is 12.5 Å². The Morgan fingerprint density at radius 1 is 1.03 bits per heavy atom. The summed E-state index contributed by atoms with van der Waals surface area (Å²) in [6, 6.07) is 21.6. The molecule has 168 valence electrons. The van der Waals surface area contributed by atoms with E-state index in [1.165, 1.54) is 18.2 Å². The van der Waals surface area contributed by atoms with Crippen LogP contribution in [0.4, 0.5) is 5.69 Å². The van der Waals surface area contributed by atoms with Gasteiger partial charge in [0.05, 0.1) is 16.6 Å². The van der Waals surface area contributed by atoms with Gasteiger partial charge >= 0.3 is 0 Å². The number of benzene rings is 3. The second kappa shape index (κ2) is 10.5. The molecule has 1 amide bonds. The molecule has 0 bridgehead atoms. The van der Waals surface area contributed by atoms with Gasteiger partial charge in [-0.3, -0.25) is 9.10 Å². The van der Waals surface area contributed by atoms with Gasteiger partial charge in [-0.2, -0.15) is 0 Å². The highest BCUT2D eigenvalue weighted by Gasteiger charge is 2.27. The first-order chi connectivity index (χ1) is 15.3. The van der Waals surface area contributed by atoms with Crippen molar-refractivity contribution in [2.45, 2.75) is 24.8 Å². The molecule has 1 N–H and O–H groups in total. The highest BCUT2D eigenvalue weighted by molar-refractivity contribution is 7.92. The van der Waals surface area contributed by atoms with Crippen LogP contribution < -0.4 is 14.4 Å². The Labute approximate surface area is 193 Å². The summed E-state index contributed by atoms with van der Waals surface area (Å²) in [6.07, 6.45) is 0. The third-order valence-corrected chi connectivity index (χ3v) is 6.67. The molecule has 6 nitrogen and oxygen atoms in total. The number of aryl methyl sites for hydroxylation is 1. The second-order valence-electron chi connectivity index (χ2n) is 7.40. The third-order valence-electron chi connectivity index (χ3n) is 4.64. The van der Waals surface area contributed by atoms with E-state index in [-0.39, 0.29) is 17.5 Å². The average Bonchev–Trinajstić information content (AvgIpc) is 2.77. The first-order valence-corrected chi connectivity index (χ1v) is 11.9. The molecular weight excluding hydrogens is 448 g/mol. The fourth-order valence-corrected chi connectivity index (χ4v) is 4.63. The summed E-state index contributed by atoms with van der Waals surface area (Å²) in [5.74, 6) is 0.244. The molecule has 3 aromatic carbocycles. The van der Waals surface area contributed by atoms with Crippen LogP contribution in [0, 0.1) is 6.92 Å². The van der Waals surface area contributed by atoms with Crippen molar-refractivity contribution in [1.82, 2.24) is 5.32 Å². The Kier molecular flexibility index (Phi) is 7.77. The first-order valence-electron chi connectivity index (χ1n) is 10.1. The number of nitrogens with one attached hydrogen (secondary N) is 1. The van der Waals surface area contributed by atoms with E-state index in [9.17, 15) is 13.2 Å². The topological polar surface area (TPSA) is 75.7 Å². The van der Waals surface area contributed by atoms with Gasteiger partial charge in [0, 0.05) is 5.02 Å². The number of hydrogen-bond acceptors (Lipinski definition) is 4. The highest BCUT2D eigenvalue weighted by Crippen LogP contribution is 2.26. The molecule has 1 atom stereocenters. The van der Waals surface area contributed by atoms with Crippen molar-refractivity contribution < 1.29 is 17.9 Å². The maximum Gasteiger partial charge on any atom is 0.264 e. The van der Waals surface area contributed by atoms with Crippen molar-refractivity contribution in [2.75, 3.05) is 17.5 Å². The van der Waals surface area contributed by atoms with Gasteiger partial charge in [-0.05, 0) is 56.3 Å².